The molecule has 0 aliphatic rings. The number of amides is 1. The maximum absolute atomic E-state index is 12.5. The minimum Gasteiger partial charge on any atom is -0.471 e. The third-order valence-corrected chi connectivity index (χ3v) is 3.59. The zero-order valence-corrected chi connectivity index (χ0v) is 15.4. The van der Waals surface area contributed by atoms with Crippen molar-refractivity contribution in [1.29, 1.82) is 0 Å². The number of hydrogen-bond donors (Lipinski definition) is 2. The van der Waals surface area contributed by atoms with Crippen LogP contribution in [0.25, 0.3) is 0 Å². The molecule has 1 unspecified atom stereocenters. The first-order chi connectivity index (χ1) is 11.8. The van der Waals surface area contributed by atoms with E-state index in [9.17, 15) is 14.9 Å². The molecule has 0 aromatic heterocycles. The Morgan fingerprint density at radius 3 is 2.38 bits per heavy atom. The Hall–Kier alpha value is -2.64. The Bertz CT molecular complexity index is 753. The lowest BCUT2D eigenvalue weighted by molar-refractivity contribution is -0.386. The molecular weight excluding hydrogens is 358 g/mol. The first-order valence-corrected chi connectivity index (χ1v) is 7.82. The number of carbonyl (C=O) groups excluding carboxylic acids is 1. The van der Waals surface area contributed by atoms with E-state index in [4.69, 9.17) is 10.5 Å². The SMILES string of the molecule is CC(C)(Oc1ccccc1[N+](=O)[O-])C(=O)NC(N)Cc1ccccc1.Cl. The summed E-state index contributed by atoms with van der Waals surface area (Å²) in [5, 5.41) is 13.7. The Morgan fingerprint density at radius 2 is 1.77 bits per heavy atom. The molecule has 2 rings (SSSR count). The second-order valence-corrected chi connectivity index (χ2v) is 6.11. The molecule has 0 saturated heterocycles. The van der Waals surface area contributed by atoms with Crippen molar-refractivity contribution in [2.45, 2.75) is 32.0 Å². The number of halogens is 1. The molecule has 0 aliphatic carbocycles. The maximum atomic E-state index is 12.5. The molecule has 0 fully saturated rings. The van der Waals surface area contributed by atoms with Crippen LogP contribution in [0.15, 0.2) is 54.6 Å². The van der Waals surface area contributed by atoms with Crippen LogP contribution in [0.1, 0.15) is 19.4 Å². The van der Waals surface area contributed by atoms with Crippen LogP contribution in [0.2, 0.25) is 0 Å². The van der Waals surface area contributed by atoms with Crippen molar-refractivity contribution < 1.29 is 14.5 Å². The summed E-state index contributed by atoms with van der Waals surface area (Å²) in [5.74, 6) is -0.418. The van der Waals surface area contributed by atoms with E-state index in [2.05, 4.69) is 5.32 Å². The summed E-state index contributed by atoms with van der Waals surface area (Å²) in [6, 6.07) is 15.4. The van der Waals surface area contributed by atoms with Crippen molar-refractivity contribution in [2.24, 2.45) is 5.73 Å². The van der Waals surface area contributed by atoms with Crippen molar-refractivity contribution in [3.63, 3.8) is 0 Å². The van der Waals surface area contributed by atoms with E-state index in [0.29, 0.717) is 6.42 Å². The predicted molar refractivity (Wildman–Crippen MR) is 101 cm³/mol. The van der Waals surface area contributed by atoms with Gasteiger partial charge in [0, 0.05) is 12.5 Å². The zero-order chi connectivity index (χ0) is 18.4. The molecule has 0 radical (unpaired) electrons. The van der Waals surface area contributed by atoms with Gasteiger partial charge in [-0.2, -0.15) is 0 Å². The Balaban J connectivity index is 0.00000338. The van der Waals surface area contributed by atoms with Gasteiger partial charge in [-0.3, -0.25) is 14.9 Å². The average molecular weight is 380 g/mol. The van der Waals surface area contributed by atoms with Crippen molar-refractivity contribution >= 4 is 24.0 Å². The number of para-hydroxylation sites is 2. The van der Waals surface area contributed by atoms with Gasteiger partial charge in [-0.25, -0.2) is 0 Å². The maximum Gasteiger partial charge on any atom is 0.310 e. The third-order valence-electron chi connectivity index (χ3n) is 3.59. The van der Waals surface area contributed by atoms with Gasteiger partial charge in [-0.15, -0.1) is 12.4 Å². The fourth-order valence-corrected chi connectivity index (χ4v) is 2.28. The van der Waals surface area contributed by atoms with Crippen molar-refractivity contribution in [3.05, 3.63) is 70.3 Å². The Kier molecular flexibility index (Phi) is 7.55. The lowest BCUT2D eigenvalue weighted by atomic mass is 10.1. The van der Waals surface area contributed by atoms with Gasteiger partial charge in [0.2, 0.25) is 0 Å². The van der Waals surface area contributed by atoms with E-state index in [1.54, 1.807) is 6.07 Å². The van der Waals surface area contributed by atoms with Gasteiger partial charge in [0.25, 0.3) is 5.91 Å². The normalized spacial score (nSPS) is 11.8. The molecule has 8 heteroatoms. The summed E-state index contributed by atoms with van der Waals surface area (Å²) in [6.07, 6.45) is -0.128. The fraction of sp³-hybridized carbons (Fsp3) is 0.278. The fourth-order valence-electron chi connectivity index (χ4n) is 2.28. The number of nitro benzene ring substituents is 1. The largest absolute Gasteiger partial charge is 0.471 e. The van der Waals surface area contributed by atoms with Crippen LogP contribution in [-0.2, 0) is 11.2 Å². The van der Waals surface area contributed by atoms with E-state index < -0.39 is 22.6 Å². The summed E-state index contributed by atoms with van der Waals surface area (Å²) >= 11 is 0. The number of carbonyl (C=O) groups is 1. The average Bonchev–Trinajstić information content (AvgIpc) is 2.55. The van der Waals surface area contributed by atoms with E-state index in [1.807, 2.05) is 30.3 Å². The van der Waals surface area contributed by atoms with Gasteiger partial charge in [-0.1, -0.05) is 42.5 Å². The van der Waals surface area contributed by atoms with Gasteiger partial charge in [0.15, 0.2) is 11.4 Å². The van der Waals surface area contributed by atoms with Crippen LogP contribution >= 0.6 is 12.4 Å². The molecule has 3 N–H and O–H groups in total. The van der Waals surface area contributed by atoms with E-state index in [0.717, 1.165) is 5.56 Å². The highest BCUT2D eigenvalue weighted by atomic mass is 35.5. The van der Waals surface area contributed by atoms with Gasteiger partial charge < -0.3 is 15.8 Å². The minimum absolute atomic E-state index is 0. The van der Waals surface area contributed by atoms with Crippen molar-refractivity contribution in [3.8, 4) is 5.75 Å². The van der Waals surface area contributed by atoms with Gasteiger partial charge >= 0.3 is 5.69 Å². The molecule has 0 heterocycles. The molecule has 2 aromatic rings. The van der Waals surface area contributed by atoms with Crippen molar-refractivity contribution in [1.82, 2.24) is 5.32 Å². The first-order valence-electron chi connectivity index (χ1n) is 7.82. The summed E-state index contributed by atoms with van der Waals surface area (Å²) in [5.41, 5.74) is 5.46. The number of nitrogens with zero attached hydrogens (tertiary/aromatic N) is 1. The minimum atomic E-state index is -1.32. The van der Waals surface area contributed by atoms with Crippen LogP contribution < -0.4 is 15.8 Å². The standard InChI is InChI=1S/C18H21N3O4.ClH/c1-18(2,25-15-11-7-6-10-14(15)21(23)24)17(22)20-16(19)12-13-8-4-3-5-9-13;/h3-11,16H,12,19H2,1-2H3,(H,20,22);1H. The number of rotatable bonds is 7. The van der Waals surface area contributed by atoms with Gasteiger partial charge in [0.05, 0.1) is 11.1 Å². The molecule has 1 atom stereocenters. The molecule has 7 nitrogen and oxygen atoms in total. The van der Waals surface area contributed by atoms with Gasteiger partial charge in [0.1, 0.15) is 0 Å². The van der Waals surface area contributed by atoms with E-state index >= 15 is 0 Å². The number of nitro groups is 1. The van der Waals surface area contributed by atoms with E-state index in [-0.39, 0.29) is 23.8 Å². The second kappa shape index (κ2) is 9.17. The summed E-state index contributed by atoms with van der Waals surface area (Å²) in [6.45, 7) is 3.07. The van der Waals surface area contributed by atoms with Crippen LogP contribution in [0, 0.1) is 10.1 Å². The zero-order valence-electron chi connectivity index (χ0n) is 14.5. The molecular formula is C18H22ClN3O4. The molecule has 1 amide bonds. The second-order valence-electron chi connectivity index (χ2n) is 6.11. The third kappa shape index (κ3) is 5.72. The number of nitrogens with one attached hydrogen (secondary N) is 1. The molecule has 0 spiro atoms. The van der Waals surface area contributed by atoms with Crippen LogP contribution in [-0.4, -0.2) is 22.6 Å². The molecule has 0 bridgehead atoms. The molecule has 2 aromatic carbocycles. The molecule has 26 heavy (non-hydrogen) atoms. The Labute approximate surface area is 158 Å². The lowest BCUT2D eigenvalue weighted by Crippen LogP contribution is -2.53. The smallest absolute Gasteiger partial charge is 0.310 e. The lowest BCUT2D eigenvalue weighted by Gasteiger charge is -2.27. The number of ether oxygens (including phenoxy) is 1. The topological polar surface area (TPSA) is 107 Å². The highest BCUT2D eigenvalue weighted by Crippen LogP contribution is 2.29. The quantitative estimate of drug-likeness (QED) is 0.437. The predicted octanol–water partition coefficient (Wildman–Crippen LogP) is 2.82. The van der Waals surface area contributed by atoms with Crippen LogP contribution in [0.5, 0.6) is 5.75 Å². The first kappa shape index (κ1) is 21.4. The number of benzene rings is 2. The van der Waals surface area contributed by atoms with Crippen molar-refractivity contribution in [2.75, 3.05) is 0 Å². The highest BCUT2D eigenvalue weighted by Gasteiger charge is 2.33. The molecule has 0 saturated carbocycles. The van der Waals surface area contributed by atoms with Crippen LogP contribution in [0.4, 0.5) is 5.69 Å². The Morgan fingerprint density at radius 1 is 1.19 bits per heavy atom. The summed E-state index contributed by atoms with van der Waals surface area (Å²) in [4.78, 5) is 23.0. The van der Waals surface area contributed by atoms with Crippen LogP contribution in [0.3, 0.4) is 0 Å². The number of hydrogen-bond acceptors (Lipinski definition) is 5. The molecule has 0 aliphatic heterocycles. The van der Waals surface area contributed by atoms with E-state index in [1.165, 1.54) is 32.0 Å². The highest BCUT2D eigenvalue weighted by molar-refractivity contribution is 5.85. The number of nitrogens with two attached hydrogens (primary N) is 1. The summed E-state index contributed by atoms with van der Waals surface area (Å²) in [7, 11) is 0. The molecule has 140 valence electrons. The monoisotopic (exact) mass is 379 g/mol. The van der Waals surface area contributed by atoms with Gasteiger partial charge in [-0.05, 0) is 25.5 Å². The summed E-state index contributed by atoms with van der Waals surface area (Å²) < 4.78 is 5.60.